The van der Waals surface area contributed by atoms with Crippen LogP contribution in [0.3, 0.4) is 0 Å². The third kappa shape index (κ3) is 2.78. The summed E-state index contributed by atoms with van der Waals surface area (Å²) in [6, 6.07) is 9.22. The van der Waals surface area contributed by atoms with Crippen molar-refractivity contribution in [3.63, 3.8) is 0 Å². The number of nitrogens with one attached hydrogen (secondary N) is 1. The van der Waals surface area contributed by atoms with Crippen LogP contribution in [0.1, 0.15) is 56.1 Å². The Morgan fingerprint density at radius 3 is 2.67 bits per heavy atom. The Balaban J connectivity index is 1.87. The van der Waals surface area contributed by atoms with Crippen molar-refractivity contribution in [3.8, 4) is 11.8 Å². The molecular weight excluding hydrogens is 260 g/mol. The molecule has 112 valence electrons. The fourth-order valence-electron chi connectivity index (χ4n) is 3.83. The van der Waals surface area contributed by atoms with E-state index < -0.39 is 5.54 Å². The van der Waals surface area contributed by atoms with Gasteiger partial charge in [-0.15, -0.1) is 0 Å². The van der Waals surface area contributed by atoms with E-state index in [2.05, 4.69) is 23.5 Å². The molecule has 3 nitrogen and oxygen atoms in total. The van der Waals surface area contributed by atoms with Crippen molar-refractivity contribution < 1.29 is 4.74 Å². The lowest BCUT2D eigenvalue weighted by molar-refractivity contribution is 0.333. The van der Waals surface area contributed by atoms with Gasteiger partial charge < -0.3 is 4.74 Å². The molecule has 1 fully saturated rings. The minimum Gasteiger partial charge on any atom is -0.497 e. The van der Waals surface area contributed by atoms with Gasteiger partial charge >= 0.3 is 0 Å². The van der Waals surface area contributed by atoms with Gasteiger partial charge in [-0.3, -0.25) is 5.32 Å². The number of hydrogen-bond donors (Lipinski definition) is 1. The van der Waals surface area contributed by atoms with Crippen LogP contribution in [-0.2, 0) is 12.0 Å². The highest BCUT2D eigenvalue weighted by atomic mass is 16.5. The Bertz CT molecular complexity index is 541. The molecule has 0 saturated heterocycles. The zero-order chi connectivity index (χ0) is 14.7. The van der Waals surface area contributed by atoms with Crippen molar-refractivity contribution in [1.29, 1.82) is 5.26 Å². The number of rotatable bonds is 3. The molecule has 1 saturated carbocycles. The molecule has 2 aliphatic carbocycles. The summed E-state index contributed by atoms with van der Waals surface area (Å²) in [5.41, 5.74) is 1.91. The molecule has 1 aromatic carbocycles. The molecule has 3 heteroatoms. The molecule has 0 aromatic heterocycles. The van der Waals surface area contributed by atoms with E-state index in [1.54, 1.807) is 7.11 Å². The minimum absolute atomic E-state index is 0.476. The standard InChI is InChI=1S/C18H24N2O/c1-21-16-9-8-14-10-11-18(13-19,17(14)12-16)20-15-6-4-2-3-5-7-15/h8-9,12,15,20H,2-7,10-11H2,1H3. The summed E-state index contributed by atoms with van der Waals surface area (Å²) in [5.74, 6) is 0.845. The second-order valence-electron chi connectivity index (χ2n) is 6.37. The third-order valence-electron chi connectivity index (χ3n) is 5.04. The topological polar surface area (TPSA) is 45.0 Å². The van der Waals surface area contributed by atoms with E-state index in [-0.39, 0.29) is 0 Å². The second kappa shape index (κ2) is 6.07. The van der Waals surface area contributed by atoms with Gasteiger partial charge in [-0.2, -0.15) is 5.26 Å². The first-order valence-corrected chi connectivity index (χ1v) is 8.14. The predicted octanol–water partition coefficient (Wildman–Crippen LogP) is 3.67. The number of ether oxygens (including phenoxy) is 1. The highest BCUT2D eigenvalue weighted by molar-refractivity contribution is 5.47. The Hall–Kier alpha value is -1.53. The summed E-state index contributed by atoms with van der Waals surface area (Å²) < 4.78 is 5.35. The highest BCUT2D eigenvalue weighted by Gasteiger charge is 2.40. The van der Waals surface area contributed by atoms with Gasteiger partial charge in [-0.05, 0) is 48.9 Å². The van der Waals surface area contributed by atoms with Crippen LogP contribution in [0.15, 0.2) is 18.2 Å². The maximum Gasteiger partial charge on any atom is 0.133 e. The minimum atomic E-state index is -0.515. The quantitative estimate of drug-likeness (QED) is 0.861. The summed E-state index contributed by atoms with van der Waals surface area (Å²) in [6.07, 6.45) is 9.49. The van der Waals surface area contributed by atoms with E-state index in [1.165, 1.54) is 44.1 Å². The number of fused-ring (bicyclic) bond motifs is 1. The molecule has 0 aliphatic heterocycles. The SMILES string of the molecule is COc1ccc2c(c1)C(C#N)(NC1CCCCCC1)CC2. The number of nitrogens with zero attached hydrogens (tertiary/aromatic N) is 1. The fraction of sp³-hybridized carbons (Fsp3) is 0.611. The van der Waals surface area contributed by atoms with Crippen molar-refractivity contribution in [2.24, 2.45) is 0 Å². The average molecular weight is 284 g/mol. The van der Waals surface area contributed by atoms with Crippen LogP contribution in [0.25, 0.3) is 0 Å². The molecule has 0 amide bonds. The van der Waals surface area contributed by atoms with E-state index in [1.807, 2.05) is 6.07 Å². The number of methoxy groups -OCH3 is 1. The first-order chi connectivity index (χ1) is 10.3. The maximum atomic E-state index is 9.87. The van der Waals surface area contributed by atoms with Crippen molar-refractivity contribution in [1.82, 2.24) is 5.32 Å². The van der Waals surface area contributed by atoms with Gasteiger partial charge in [0.15, 0.2) is 0 Å². The van der Waals surface area contributed by atoms with Crippen molar-refractivity contribution in [3.05, 3.63) is 29.3 Å². The van der Waals surface area contributed by atoms with Gasteiger partial charge in [0, 0.05) is 6.04 Å². The number of aryl methyl sites for hydroxylation is 1. The van der Waals surface area contributed by atoms with Gasteiger partial charge in [-0.25, -0.2) is 0 Å². The van der Waals surface area contributed by atoms with Crippen LogP contribution in [-0.4, -0.2) is 13.2 Å². The summed E-state index contributed by atoms with van der Waals surface area (Å²) in [7, 11) is 1.68. The van der Waals surface area contributed by atoms with E-state index in [4.69, 9.17) is 4.74 Å². The Morgan fingerprint density at radius 2 is 2.00 bits per heavy atom. The van der Waals surface area contributed by atoms with E-state index >= 15 is 0 Å². The van der Waals surface area contributed by atoms with E-state index in [0.717, 1.165) is 24.2 Å². The Labute approximate surface area is 127 Å². The number of benzene rings is 1. The predicted molar refractivity (Wildman–Crippen MR) is 83.2 cm³/mol. The van der Waals surface area contributed by atoms with Gasteiger partial charge in [0.1, 0.15) is 11.3 Å². The first-order valence-electron chi connectivity index (χ1n) is 8.14. The molecule has 0 heterocycles. The summed E-state index contributed by atoms with van der Waals surface area (Å²) >= 11 is 0. The second-order valence-corrected chi connectivity index (χ2v) is 6.37. The molecule has 1 aromatic rings. The molecule has 0 spiro atoms. The summed E-state index contributed by atoms with van der Waals surface area (Å²) in [6.45, 7) is 0. The van der Waals surface area contributed by atoms with E-state index in [0.29, 0.717) is 6.04 Å². The van der Waals surface area contributed by atoms with Gasteiger partial charge in [0.25, 0.3) is 0 Å². The molecule has 2 aliphatic rings. The lowest BCUT2D eigenvalue weighted by Gasteiger charge is -2.30. The average Bonchev–Trinajstić information content (AvgIpc) is 2.70. The molecule has 0 radical (unpaired) electrons. The summed E-state index contributed by atoms with van der Waals surface area (Å²) in [4.78, 5) is 0. The van der Waals surface area contributed by atoms with Gasteiger partial charge in [0.2, 0.25) is 0 Å². The fourth-order valence-corrected chi connectivity index (χ4v) is 3.83. The maximum absolute atomic E-state index is 9.87. The first kappa shape index (κ1) is 14.4. The zero-order valence-corrected chi connectivity index (χ0v) is 12.8. The van der Waals surface area contributed by atoms with Crippen LogP contribution in [0.4, 0.5) is 0 Å². The molecular formula is C18H24N2O. The Morgan fingerprint density at radius 1 is 1.24 bits per heavy atom. The monoisotopic (exact) mass is 284 g/mol. The third-order valence-corrected chi connectivity index (χ3v) is 5.04. The van der Waals surface area contributed by atoms with Crippen molar-refractivity contribution in [2.45, 2.75) is 62.9 Å². The molecule has 1 unspecified atom stereocenters. The van der Waals surface area contributed by atoms with Crippen LogP contribution in [0.2, 0.25) is 0 Å². The van der Waals surface area contributed by atoms with Crippen LogP contribution >= 0.6 is 0 Å². The molecule has 3 rings (SSSR count). The van der Waals surface area contributed by atoms with E-state index in [9.17, 15) is 5.26 Å². The normalized spacial score (nSPS) is 25.9. The van der Waals surface area contributed by atoms with Crippen LogP contribution < -0.4 is 10.1 Å². The smallest absolute Gasteiger partial charge is 0.133 e. The molecule has 1 N–H and O–H groups in total. The Kier molecular flexibility index (Phi) is 4.17. The highest BCUT2D eigenvalue weighted by Crippen LogP contribution is 2.39. The number of nitriles is 1. The van der Waals surface area contributed by atoms with Crippen molar-refractivity contribution >= 4 is 0 Å². The van der Waals surface area contributed by atoms with Crippen LogP contribution in [0.5, 0.6) is 5.75 Å². The summed E-state index contributed by atoms with van der Waals surface area (Å²) in [5, 5.41) is 13.6. The van der Waals surface area contributed by atoms with Gasteiger partial charge in [0.05, 0.1) is 13.2 Å². The molecule has 1 atom stereocenters. The van der Waals surface area contributed by atoms with Crippen LogP contribution in [0, 0.1) is 11.3 Å². The zero-order valence-electron chi connectivity index (χ0n) is 12.8. The number of hydrogen-bond acceptors (Lipinski definition) is 3. The molecule has 0 bridgehead atoms. The van der Waals surface area contributed by atoms with Crippen molar-refractivity contribution in [2.75, 3.05) is 7.11 Å². The largest absolute Gasteiger partial charge is 0.497 e. The lowest BCUT2D eigenvalue weighted by atomic mass is 9.91. The lowest BCUT2D eigenvalue weighted by Crippen LogP contribution is -2.45. The van der Waals surface area contributed by atoms with Gasteiger partial charge in [-0.1, -0.05) is 31.7 Å². The molecule has 21 heavy (non-hydrogen) atoms.